The van der Waals surface area contributed by atoms with Gasteiger partial charge in [-0.15, -0.1) is 6.58 Å². The topological polar surface area (TPSA) is 30.5 Å². The summed E-state index contributed by atoms with van der Waals surface area (Å²) in [5.74, 6) is 0.882. The van der Waals surface area contributed by atoms with Crippen molar-refractivity contribution in [2.24, 2.45) is 0 Å². The number of allylic oxidation sites excluding steroid dienone is 1. The van der Waals surface area contributed by atoms with E-state index in [0.717, 1.165) is 17.9 Å². The second-order valence-corrected chi connectivity index (χ2v) is 5.16. The third-order valence-electron chi connectivity index (χ3n) is 2.89. The molecule has 116 valence electrons. The predicted octanol–water partition coefficient (Wildman–Crippen LogP) is 3.67. The molecule has 0 bridgehead atoms. The second kappa shape index (κ2) is 10.2. The highest BCUT2D eigenvalue weighted by molar-refractivity contribution is 5.56. The summed E-state index contributed by atoms with van der Waals surface area (Å²) in [5.41, 5.74) is 1.08. The lowest BCUT2D eigenvalue weighted by molar-refractivity contribution is 0.0357. The van der Waals surface area contributed by atoms with Crippen molar-refractivity contribution in [3.8, 4) is 5.75 Å². The quantitative estimate of drug-likeness (QED) is 0.667. The van der Waals surface area contributed by atoms with Crippen LogP contribution in [0.1, 0.15) is 26.3 Å². The van der Waals surface area contributed by atoms with E-state index in [0.29, 0.717) is 19.3 Å². The van der Waals surface area contributed by atoms with Gasteiger partial charge in [0.25, 0.3) is 0 Å². The number of nitrogens with one attached hydrogen (secondary N) is 1. The minimum absolute atomic E-state index is 0.00376. The van der Waals surface area contributed by atoms with Crippen LogP contribution in [-0.2, 0) is 4.74 Å². The van der Waals surface area contributed by atoms with Gasteiger partial charge in [-0.25, -0.2) is 0 Å². The highest BCUT2D eigenvalue weighted by atomic mass is 16.5. The Morgan fingerprint density at radius 2 is 2.05 bits per heavy atom. The van der Waals surface area contributed by atoms with Gasteiger partial charge in [-0.05, 0) is 13.0 Å². The second-order valence-electron chi connectivity index (χ2n) is 5.16. The Balaban J connectivity index is 2.60. The van der Waals surface area contributed by atoms with Crippen LogP contribution in [0.5, 0.6) is 5.75 Å². The van der Waals surface area contributed by atoms with Gasteiger partial charge >= 0.3 is 0 Å². The number of rotatable bonds is 10. The Morgan fingerprint density at radius 1 is 1.29 bits per heavy atom. The maximum atomic E-state index is 5.93. The van der Waals surface area contributed by atoms with Gasteiger partial charge in [-0.2, -0.15) is 0 Å². The maximum Gasteiger partial charge on any atom is 0.126 e. The van der Waals surface area contributed by atoms with E-state index in [1.54, 1.807) is 6.08 Å². The van der Waals surface area contributed by atoms with E-state index in [2.05, 4.69) is 25.7 Å². The van der Waals surface area contributed by atoms with E-state index in [1.165, 1.54) is 0 Å². The van der Waals surface area contributed by atoms with Crippen molar-refractivity contribution >= 4 is 6.08 Å². The first-order valence-corrected chi connectivity index (χ1v) is 7.47. The van der Waals surface area contributed by atoms with E-state index in [-0.39, 0.29) is 6.10 Å². The molecule has 21 heavy (non-hydrogen) atoms. The molecule has 0 saturated carbocycles. The molecule has 1 atom stereocenters. The van der Waals surface area contributed by atoms with Crippen LogP contribution in [0.3, 0.4) is 0 Å². The van der Waals surface area contributed by atoms with Crippen LogP contribution in [0.4, 0.5) is 0 Å². The van der Waals surface area contributed by atoms with Crippen LogP contribution in [0.15, 0.2) is 43.0 Å². The lowest BCUT2D eigenvalue weighted by Gasteiger charge is -2.20. The first-order chi connectivity index (χ1) is 10.2. The first-order valence-electron chi connectivity index (χ1n) is 7.47. The predicted molar refractivity (Wildman–Crippen MR) is 89.7 cm³/mol. The van der Waals surface area contributed by atoms with Crippen LogP contribution in [0.25, 0.3) is 6.08 Å². The van der Waals surface area contributed by atoms with Crippen molar-refractivity contribution in [3.05, 3.63) is 48.6 Å². The van der Waals surface area contributed by atoms with Crippen molar-refractivity contribution in [3.63, 3.8) is 0 Å². The number of benzene rings is 1. The van der Waals surface area contributed by atoms with E-state index in [4.69, 9.17) is 9.47 Å². The standard InChI is InChI=1S/C18H27NO2/c1-5-9-16-10-7-8-11-18(16)21-14-17(20-12-6-2)13-19-15(3)4/h5-11,15,17,19H,2,12-14H2,1,3-4H3/b9-5+. The molecule has 1 unspecified atom stereocenters. The van der Waals surface area contributed by atoms with Gasteiger partial charge in [0.1, 0.15) is 18.5 Å². The first kappa shape index (κ1) is 17.5. The lowest BCUT2D eigenvalue weighted by Crippen LogP contribution is -2.37. The molecule has 1 aromatic rings. The fourth-order valence-electron chi connectivity index (χ4n) is 1.85. The molecule has 0 heterocycles. The molecule has 3 heteroatoms. The third-order valence-corrected chi connectivity index (χ3v) is 2.89. The van der Waals surface area contributed by atoms with E-state index in [1.807, 2.05) is 43.3 Å². The Hall–Kier alpha value is -1.58. The number of para-hydroxylation sites is 1. The largest absolute Gasteiger partial charge is 0.490 e. The van der Waals surface area contributed by atoms with E-state index < -0.39 is 0 Å². The van der Waals surface area contributed by atoms with Gasteiger partial charge in [0.05, 0.1) is 6.61 Å². The van der Waals surface area contributed by atoms with Gasteiger partial charge in [-0.3, -0.25) is 0 Å². The van der Waals surface area contributed by atoms with Crippen molar-refractivity contribution in [1.82, 2.24) is 5.32 Å². The van der Waals surface area contributed by atoms with Crippen LogP contribution >= 0.6 is 0 Å². The normalized spacial score (nSPS) is 12.8. The summed E-state index contributed by atoms with van der Waals surface area (Å²) in [6, 6.07) is 8.44. The zero-order valence-electron chi connectivity index (χ0n) is 13.3. The van der Waals surface area contributed by atoms with Crippen LogP contribution in [0.2, 0.25) is 0 Å². The zero-order chi connectivity index (χ0) is 15.5. The molecular weight excluding hydrogens is 262 g/mol. The number of ether oxygens (including phenoxy) is 2. The van der Waals surface area contributed by atoms with Gasteiger partial charge in [-0.1, -0.05) is 50.3 Å². The van der Waals surface area contributed by atoms with Crippen LogP contribution < -0.4 is 10.1 Å². The molecule has 1 aromatic carbocycles. The van der Waals surface area contributed by atoms with Gasteiger partial charge in [0, 0.05) is 18.2 Å². The lowest BCUT2D eigenvalue weighted by atomic mass is 10.2. The van der Waals surface area contributed by atoms with E-state index in [9.17, 15) is 0 Å². The van der Waals surface area contributed by atoms with Gasteiger partial charge in [0.2, 0.25) is 0 Å². The summed E-state index contributed by atoms with van der Waals surface area (Å²) in [6.07, 6.45) is 5.81. The minimum Gasteiger partial charge on any atom is -0.490 e. The Bertz CT molecular complexity index is 441. The fraction of sp³-hybridized carbons (Fsp3) is 0.444. The number of hydrogen-bond donors (Lipinski definition) is 1. The van der Waals surface area contributed by atoms with Crippen molar-refractivity contribution in [2.75, 3.05) is 19.8 Å². The molecule has 1 N–H and O–H groups in total. The monoisotopic (exact) mass is 289 g/mol. The number of hydrogen-bond acceptors (Lipinski definition) is 3. The molecule has 0 amide bonds. The summed E-state index contributed by atoms with van der Waals surface area (Å²) < 4.78 is 11.7. The minimum atomic E-state index is 0.00376. The molecule has 3 nitrogen and oxygen atoms in total. The highest BCUT2D eigenvalue weighted by Gasteiger charge is 2.11. The summed E-state index contributed by atoms with van der Waals surface area (Å²) in [5, 5.41) is 3.38. The van der Waals surface area contributed by atoms with Crippen LogP contribution in [-0.4, -0.2) is 31.9 Å². The molecule has 1 rings (SSSR count). The molecule has 0 aliphatic rings. The van der Waals surface area contributed by atoms with Crippen LogP contribution in [0, 0.1) is 0 Å². The highest BCUT2D eigenvalue weighted by Crippen LogP contribution is 2.19. The molecule has 0 spiro atoms. The molecule has 0 aliphatic carbocycles. The Kier molecular flexibility index (Phi) is 8.48. The maximum absolute atomic E-state index is 5.93. The molecular formula is C18H27NO2. The smallest absolute Gasteiger partial charge is 0.126 e. The Morgan fingerprint density at radius 3 is 2.71 bits per heavy atom. The molecule has 0 aromatic heterocycles. The van der Waals surface area contributed by atoms with Gasteiger partial charge < -0.3 is 14.8 Å². The summed E-state index contributed by atoms with van der Waals surface area (Å²) in [6.45, 7) is 11.7. The van der Waals surface area contributed by atoms with Crippen molar-refractivity contribution < 1.29 is 9.47 Å². The average molecular weight is 289 g/mol. The van der Waals surface area contributed by atoms with Crippen molar-refractivity contribution in [2.45, 2.75) is 32.9 Å². The molecule has 0 radical (unpaired) electrons. The Labute approximate surface area is 128 Å². The van der Waals surface area contributed by atoms with Crippen molar-refractivity contribution in [1.29, 1.82) is 0 Å². The third kappa shape index (κ3) is 7.11. The summed E-state index contributed by atoms with van der Waals surface area (Å²) in [7, 11) is 0. The summed E-state index contributed by atoms with van der Waals surface area (Å²) in [4.78, 5) is 0. The summed E-state index contributed by atoms with van der Waals surface area (Å²) >= 11 is 0. The molecule has 0 fully saturated rings. The molecule has 0 aliphatic heterocycles. The average Bonchev–Trinajstić information content (AvgIpc) is 2.48. The van der Waals surface area contributed by atoms with E-state index >= 15 is 0 Å². The molecule has 0 saturated heterocycles. The van der Waals surface area contributed by atoms with Gasteiger partial charge in [0.15, 0.2) is 0 Å². The zero-order valence-corrected chi connectivity index (χ0v) is 13.3. The SMILES string of the molecule is C=CCOC(CNC(C)C)COc1ccccc1/C=C/C. The fourth-order valence-corrected chi connectivity index (χ4v) is 1.85.